The Morgan fingerprint density at radius 2 is 1.91 bits per heavy atom. The standard InChI is InChI=1S/C17H10FN3O2/c18-11-2-1-3-12(8-11)21-15(23)7-4-10-9-19-13-5-6-14(22)20-16(13)17(10)21/h1-9H,(H,20,22). The highest BCUT2D eigenvalue weighted by atomic mass is 19.1. The molecule has 0 aliphatic carbocycles. The van der Waals surface area contributed by atoms with Crippen molar-refractivity contribution in [2.75, 3.05) is 0 Å². The third-order valence-corrected chi connectivity index (χ3v) is 3.67. The van der Waals surface area contributed by atoms with Crippen molar-refractivity contribution in [2.24, 2.45) is 0 Å². The van der Waals surface area contributed by atoms with Crippen LogP contribution in [0.15, 0.2) is 64.3 Å². The maximum Gasteiger partial charge on any atom is 0.255 e. The molecule has 1 aromatic carbocycles. The van der Waals surface area contributed by atoms with Crippen molar-refractivity contribution in [3.05, 3.63) is 81.3 Å². The zero-order chi connectivity index (χ0) is 16.0. The number of fused-ring (bicyclic) bond motifs is 3. The number of hydrogen-bond donors (Lipinski definition) is 1. The summed E-state index contributed by atoms with van der Waals surface area (Å²) in [6, 6.07) is 11.7. The van der Waals surface area contributed by atoms with Crippen molar-refractivity contribution in [3.63, 3.8) is 0 Å². The fraction of sp³-hybridized carbons (Fsp3) is 0. The average molecular weight is 307 g/mol. The molecule has 0 saturated heterocycles. The lowest BCUT2D eigenvalue weighted by molar-refractivity contribution is 0.626. The topological polar surface area (TPSA) is 67.8 Å². The van der Waals surface area contributed by atoms with Crippen molar-refractivity contribution in [2.45, 2.75) is 0 Å². The molecule has 0 fully saturated rings. The van der Waals surface area contributed by atoms with Crippen molar-refractivity contribution in [1.29, 1.82) is 0 Å². The van der Waals surface area contributed by atoms with E-state index in [0.717, 1.165) is 0 Å². The normalized spacial score (nSPS) is 11.2. The molecule has 0 bridgehead atoms. The molecule has 0 spiro atoms. The summed E-state index contributed by atoms with van der Waals surface area (Å²) in [5, 5.41) is 0.670. The van der Waals surface area contributed by atoms with Gasteiger partial charge in [-0.05, 0) is 30.3 Å². The van der Waals surface area contributed by atoms with Crippen molar-refractivity contribution < 1.29 is 4.39 Å². The van der Waals surface area contributed by atoms with Crippen LogP contribution in [0.25, 0.3) is 27.6 Å². The van der Waals surface area contributed by atoms with E-state index in [9.17, 15) is 14.0 Å². The maximum atomic E-state index is 13.6. The lowest BCUT2D eigenvalue weighted by Gasteiger charge is -2.12. The Bertz CT molecular complexity index is 1180. The van der Waals surface area contributed by atoms with Crippen LogP contribution in [0.5, 0.6) is 0 Å². The predicted octanol–water partition coefficient (Wildman–Crippen LogP) is 2.37. The van der Waals surface area contributed by atoms with E-state index in [-0.39, 0.29) is 11.1 Å². The van der Waals surface area contributed by atoms with Gasteiger partial charge in [-0.3, -0.25) is 19.1 Å². The van der Waals surface area contributed by atoms with Gasteiger partial charge in [0, 0.05) is 23.7 Å². The van der Waals surface area contributed by atoms with Gasteiger partial charge in [-0.1, -0.05) is 6.07 Å². The SMILES string of the molecule is O=c1ccc2ncc3ccc(=O)n(-c4cccc(F)c4)c3c2[nH]1. The molecule has 6 heteroatoms. The molecule has 0 aliphatic rings. The minimum atomic E-state index is -0.446. The molecule has 0 saturated carbocycles. The molecule has 0 amide bonds. The van der Waals surface area contributed by atoms with Gasteiger partial charge in [0.1, 0.15) is 5.82 Å². The van der Waals surface area contributed by atoms with Crippen LogP contribution in [0.3, 0.4) is 0 Å². The number of rotatable bonds is 1. The van der Waals surface area contributed by atoms with Crippen LogP contribution in [0.4, 0.5) is 4.39 Å². The summed E-state index contributed by atoms with van der Waals surface area (Å²) in [5.74, 6) is -0.446. The van der Waals surface area contributed by atoms with E-state index in [2.05, 4.69) is 9.97 Å². The van der Waals surface area contributed by atoms with Crippen LogP contribution in [-0.4, -0.2) is 14.5 Å². The zero-order valence-corrected chi connectivity index (χ0v) is 11.8. The number of nitrogens with one attached hydrogen (secondary N) is 1. The molecule has 0 aliphatic heterocycles. The molecule has 112 valence electrons. The summed E-state index contributed by atoms with van der Waals surface area (Å²) >= 11 is 0. The second-order valence-electron chi connectivity index (χ2n) is 5.13. The first-order chi connectivity index (χ1) is 11.1. The Kier molecular flexibility index (Phi) is 2.84. The number of hydrogen-bond acceptors (Lipinski definition) is 3. The minimum Gasteiger partial charge on any atom is -0.319 e. The fourth-order valence-corrected chi connectivity index (χ4v) is 2.68. The van der Waals surface area contributed by atoms with Gasteiger partial charge in [-0.2, -0.15) is 0 Å². The molecule has 3 heterocycles. The molecule has 5 nitrogen and oxygen atoms in total. The lowest BCUT2D eigenvalue weighted by Crippen LogP contribution is -2.18. The first-order valence-electron chi connectivity index (χ1n) is 6.93. The zero-order valence-electron chi connectivity index (χ0n) is 11.8. The first-order valence-corrected chi connectivity index (χ1v) is 6.93. The Morgan fingerprint density at radius 3 is 2.74 bits per heavy atom. The number of nitrogens with zero attached hydrogens (tertiary/aromatic N) is 2. The quantitative estimate of drug-likeness (QED) is 0.549. The summed E-state index contributed by atoms with van der Waals surface area (Å²) in [7, 11) is 0. The summed E-state index contributed by atoms with van der Waals surface area (Å²) < 4.78 is 15.0. The Labute approximate surface area is 128 Å². The molecule has 0 radical (unpaired) electrons. The fourth-order valence-electron chi connectivity index (χ4n) is 2.68. The monoisotopic (exact) mass is 307 g/mol. The minimum absolute atomic E-state index is 0.297. The van der Waals surface area contributed by atoms with Gasteiger partial charge in [0.2, 0.25) is 5.56 Å². The van der Waals surface area contributed by atoms with E-state index in [0.29, 0.717) is 27.6 Å². The van der Waals surface area contributed by atoms with E-state index in [1.165, 1.54) is 34.9 Å². The molecule has 0 unspecified atom stereocenters. The Balaban J connectivity index is 2.26. The first kappa shape index (κ1) is 13.4. The van der Waals surface area contributed by atoms with Crippen LogP contribution in [0.1, 0.15) is 0 Å². The second kappa shape index (κ2) is 4.88. The molecule has 4 rings (SSSR count). The van der Waals surface area contributed by atoms with Crippen molar-refractivity contribution in [3.8, 4) is 5.69 Å². The largest absolute Gasteiger partial charge is 0.319 e. The highest BCUT2D eigenvalue weighted by molar-refractivity contribution is 6.01. The molecule has 0 atom stereocenters. The van der Waals surface area contributed by atoms with Crippen LogP contribution < -0.4 is 11.1 Å². The Morgan fingerprint density at radius 1 is 1.04 bits per heavy atom. The molecular weight excluding hydrogens is 297 g/mol. The van der Waals surface area contributed by atoms with Crippen LogP contribution in [0.2, 0.25) is 0 Å². The van der Waals surface area contributed by atoms with Crippen LogP contribution in [0, 0.1) is 5.82 Å². The van der Waals surface area contributed by atoms with E-state index >= 15 is 0 Å². The summed E-state index contributed by atoms with van der Waals surface area (Å²) in [5.41, 5.74) is 1.25. The van der Waals surface area contributed by atoms with Gasteiger partial charge in [-0.15, -0.1) is 0 Å². The summed E-state index contributed by atoms with van der Waals surface area (Å²) in [4.78, 5) is 31.1. The number of benzene rings is 1. The van der Waals surface area contributed by atoms with E-state index in [1.54, 1.807) is 24.4 Å². The number of pyridine rings is 3. The van der Waals surface area contributed by atoms with Gasteiger partial charge in [0.05, 0.1) is 22.2 Å². The second-order valence-corrected chi connectivity index (χ2v) is 5.13. The number of aromatic nitrogens is 3. The van der Waals surface area contributed by atoms with Crippen LogP contribution in [-0.2, 0) is 0 Å². The Hall–Kier alpha value is -3.28. The number of H-pyrrole nitrogens is 1. The number of aromatic amines is 1. The average Bonchev–Trinajstić information content (AvgIpc) is 2.54. The summed E-state index contributed by atoms with van der Waals surface area (Å²) in [6.45, 7) is 0. The molecular formula is C17H10FN3O2. The molecule has 1 N–H and O–H groups in total. The van der Waals surface area contributed by atoms with Gasteiger partial charge < -0.3 is 4.98 Å². The van der Waals surface area contributed by atoms with Crippen molar-refractivity contribution in [1.82, 2.24) is 14.5 Å². The van der Waals surface area contributed by atoms with Gasteiger partial charge in [-0.25, -0.2) is 4.39 Å². The lowest BCUT2D eigenvalue weighted by atomic mass is 10.2. The van der Waals surface area contributed by atoms with Crippen molar-refractivity contribution >= 4 is 21.9 Å². The molecule has 3 aromatic heterocycles. The highest BCUT2D eigenvalue weighted by Gasteiger charge is 2.11. The smallest absolute Gasteiger partial charge is 0.255 e. The summed E-state index contributed by atoms with van der Waals surface area (Å²) in [6.07, 6.45) is 1.62. The van der Waals surface area contributed by atoms with E-state index in [4.69, 9.17) is 0 Å². The van der Waals surface area contributed by atoms with Gasteiger partial charge in [0.15, 0.2) is 0 Å². The highest BCUT2D eigenvalue weighted by Crippen LogP contribution is 2.22. The third kappa shape index (κ3) is 2.12. The van der Waals surface area contributed by atoms with Gasteiger partial charge in [0.25, 0.3) is 5.56 Å². The van der Waals surface area contributed by atoms with E-state index in [1.807, 2.05) is 0 Å². The molecule has 4 aromatic rings. The van der Waals surface area contributed by atoms with Crippen LogP contribution >= 0.6 is 0 Å². The van der Waals surface area contributed by atoms with Gasteiger partial charge >= 0.3 is 0 Å². The predicted molar refractivity (Wildman–Crippen MR) is 85.4 cm³/mol. The maximum absolute atomic E-state index is 13.6. The number of halogens is 1. The third-order valence-electron chi connectivity index (χ3n) is 3.67. The molecule has 23 heavy (non-hydrogen) atoms. The van der Waals surface area contributed by atoms with E-state index < -0.39 is 5.82 Å².